The molecule has 4 N–H and O–H groups in total. The first-order valence-electron chi connectivity index (χ1n) is 10.2. The van der Waals surface area contributed by atoms with Crippen LogP contribution in [0.25, 0.3) is 0 Å². The third-order valence-electron chi connectivity index (χ3n) is 5.85. The number of rotatable bonds is 4. The van der Waals surface area contributed by atoms with E-state index >= 15 is 0 Å². The van der Waals surface area contributed by atoms with Crippen molar-refractivity contribution in [1.82, 2.24) is 25.1 Å². The van der Waals surface area contributed by atoms with Gasteiger partial charge in [-0.3, -0.25) is 9.89 Å². The predicted molar refractivity (Wildman–Crippen MR) is 107 cm³/mol. The highest BCUT2D eigenvalue weighted by atomic mass is 16.2. The van der Waals surface area contributed by atoms with Crippen molar-refractivity contribution in [3.63, 3.8) is 0 Å². The summed E-state index contributed by atoms with van der Waals surface area (Å²) in [5.41, 5.74) is 7.67. The Kier molecular flexibility index (Phi) is 5.05. The van der Waals surface area contributed by atoms with Crippen LogP contribution in [0.4, 0.5) is 11.6 Å². The van der Waals surface area contributed by atoms with E-state index in [9.17, 15) is 4.79 Å². The highest BCUT2D eigenvalue weighted by Gasteiger charge is 2.42. The van der Waals surface area contributed by atoms with Crippen LogP contribution in [0.3, 0.4) is 0 Å². The van der Waals surface area contributed by atoms with Crippen LogP contribution in [0, 0.1) is 13.8 Å². The molecule has 2 fully saturated rings. The minimum Gasteiger partial charge on any atom is -0.332 e. The molecule has 1 saturated heterocycles. The highest BCUT2D eigenvalue weighted by molar-refractivity contribution is 5.87. The maximum absolute atomic E-state index is 13.3. The van der Waals surface area contributed by atoms with Crippen molar-refractivity contribution in [2.45, 2.75) is 70.4 Å². The zero-order valence-electron chi connectivity index (χ0n) is 16.7. The van der Waals surface area contributed by atoms with E-state index in [2.05, 4.69) is 25.5 Å². The first-order valence-corrected chi connectivity index (χ1v) is 10.2. The van der Waals surface area contributed by atoms with Crippen molar-refractivity contribution in [1.29, 1.82) is 0 Å². The lowest BCUT2D eigenvalue weighted by molar-refractivity contribution is -0.139. The summed E-state index contributed by atoms with van der Waals surface area (Å²) in [5, 5.41) is 10.3. The van der Waals surface area contributed by atoms with Crippen molar-refractivity contribution in [2.24, 2.45) is 5.73 Å². The van der Waals surface area contributed by atoms with Gasteiger partial charge in [-0.15, -0.1) is 0 Å². The van der Waals surface area contributed by atoms with Crippen LogP contribution in [0.2, 0.25) is 0 Å². The summed E-state index contributed by atoms with van der Waals surface area (Å²) in [6, 6.07) is 3.80. The molecular weight excluding hydrogens is 354 g/mol. The molecule has 1 atom stereocenters. The molecule has 2 aliphatic rings. The summed E-state index contributed by atoms with van der Waals surface area (Å²) in [6.45, 7) is 4.56. The van der Waals surface area contributed by atoms with E-state index in [-0.39, 0.29) is 11.9 Å². The van der Waals surface area contributed by atoms with Gasteiger partial charge in [0.25, 0.3) is 0 Å². The van der Waals surface area contributed by atoms with Crippen molar-refractivity contribution in [3.05, 3.63) is 29.3 Å². The second-order valence-electron chi connectivity index (χ2n) is 8.16. The molecule has 0 radical (unpaired) electrons. The van der Waals surface area contributed by atoms with Crippen LogP contribution in [-0.2, 0) is 4.79 Å². The molecule has 1 saturated carbocycles. The summed E-state index contributed by atoms with van der Waals surface area (Å²) in [6.07, 6.45) is 6.67. The Morgan fingerprint density at radius 3 is 2.68 bits per heavy atom. The van der Waals surface area contributed by atoms with Gasteiger partial charge in [0.1, 0.15) is 11.6 Å². The maximum Gasteiger partial charge on any atom is 0.243 e. The van der Waals surface area contributed by atoms with Crippen LogP contribution >= 0.6 is 0 Å². The van der Waals surface area contributed by atoms with Crippen molar-refractivity contribution >= 4 is 17.5 Å². The fourth-order valence-corrected chi connectivity index (χ4v) is 4.44. The maximum atomic E-state index is 13.3. The molecule has 150 valence electrons. The van der Waals surface area contributed by atoms with E-state index in [4.69, 9.17) is 5.73 Å². The summed E-state index contributed by atoms with van der Waals surface area (Å²) >= 11 is 0. The van der Waals surface area contributed by atoms with Gasteiger partial charge >= 0.3 is 0 Å². The van der Waals surface area contributed by atoms with Crippen molar-refractivity contribution in [2.75, 3.05) is 11.9 Å². The van der Waals surface area contributed by atoms with Gasteiger partial charge in [-0.05, 0) is 39.5 Å². The number of likely N-dealkylation sites (tertiary alicyclic amines) is 1. The van der Waals surface area contributed by atoms with E-state index in [0.717, 1.165) is 56.5 Å². The van der Waals surface area contributed by atoms with E-state index in [1.807, 2.05) is 30.9 Å². The SMILES string of the molecule is Cc1nc(Nc2cc(C)[nH]n2)cc([C@H]2CCCN2C(=O)C2(N)CCCCC2)n1. The third kappa shape index (κ3) is 3.73. The van der Waals surface area contributed by atoms with Gasteiger partial charge in [0.15, 0.2) is 5.82 Å². The summed E-state index contributed by atoms with van der Waals surface area (Å²) in [5.74, 6) is 2.16. The summed E-state index contributed by atoms with van der Waals surface area (Å²) in [4.78, 5) is 24.4. The minimum atomic E-state index is -0.712. The molecule has 8 nitrogen and oxygen atoms in total. The average Bonchev–Trinajstić information content (AvgIpc) is 3.30. The number of hydrogen-bond acceptors (Lipinski definition) is 6. The number of carbonyl (C=O) groups excluding carboxylic acids is 1. The Morgan fingerprint density at radius 1 is 1.18 bits per heavy atom. The lowest BCUT2D eigenvalue weighted by Gasteiger charge is -2.37. The number of aryl methyl sites for hydroxylation is 2. The minimum absolute atomic E-state index is 0.0435. The lowest BCUT2D eigenvalue weighted by atomic mass is 9.81. The molecular formula is C20H29N7O. The first-order chi connectivity index (χ1) is 13.4. The smallest absolute Gasteiger partial charge is 0.243 e. The van der Waals surface area contributed by atoms with E-state index in [1.54, 1.807) is 0 Å². The van der Waals surface area contributed by atoms with Crippen LogP contribution < -0.4 is 11.1 Å². The van der Waals surface area contributed by atoms with Crippen molar-refractivity contribution < 1.29 is 4.79 Å². The molecule has 4 rings (SSSR count). The van der Waals surface area contributed by atoms with Crippen LogP contribution in [0.1, 0.15) is 68.2 Å². The molecule has 28 heavy (non-hydrogen) atoms. The van der Waals surface area contributed by atoms with Gasteiger partial charge in [-0.25, -0.2) is 9.97 Å². The molecule has 1 aliphatic carbocycles. The number of nitrogens with zero attached hydrogens (tertiary/aromatic N) is 4. The largest absolute Gasteiger partial charge is 0.332 e. The number of hydrogen-bond donors (Lipinski definition) is 3. The zero-order chi connectivity index (χ0) is 19.7. The molecule has 0 spiro atoms. The molecule has 3 heterocycles. The topological polar surface area (TPSA) is 113 Å². The van der Waals surface area contributed by atoms with Crippen LogP contribution in [0.15, 0.2) is 12.1 Å². The number of nitrogens with one attached hydrogen (secondary N) is 2. The highest BCUT2D eigenvalue weighted by Crippen LogP contribution is 2.36. The second-order valence-corrected chi connectivity index (χ2v) is 8.16. The standard InChI is InChI=1S/C20H29N7O/c1-13-11-18(26-25-13)24-17-12-15(22-14(2)23-17)16-7-6-10-27(16)19(28)20(21)8-4-3-5-9-20/h11-12,16H,3-10,21H2,1-2H3,(H2,22,23,24,25,26)/t16-/m1/s1. The Hall–Kier alpha value is -2.48. The van der Waals surface area contributed by atoms with Gasteiger partial charge in [0.2, 0.25) is 5.91 Å². The van der Waals surface area contributed by atoms with Gasteiger partial charge in [0.05, 0.1) is 17.3 Å². The summed E-state index contributed by atoms with van der Waals surface area (Å²) in [7, 11) is 0. The molecule has 0 unspecified atom stereocenters. The Morgan fingerprint density at radius 2 is 1.96 bits per heavy atom. The molecule has 1 aliphatic heterocycles. The Bertz CT molecular complexity index is 856. The molecule has 8 heteroatoms. The quantitative estimate of drug-likeness (QED) is 0.748. The number of nitrogens with two attached hydrogens (primary N) is 1. The van der Waals surface area contributed by atoms with E-state index in [1.165, 1.54) is 6.42 Å². The molecule has 1 amide bonds. The number of aromatic nitrogens is 4. The van der Waals surface area contributed by atoms with Gasteiger partial charge in [-0.2, -0.15) is 5.10 Å². The molecule has 2 aromatic heterocycles. The third-order valence-corrected chi connectivity index (χ3v) is 5.85. The van der Waals surface area contributed by atoms with E-state index in [0.29, 0.717) is 17.5 Å². The number of aromatic amines is 1. The van der Waals surface area contributed by atoms with Gasteiger partial charge in [0, 0.05) is 24.4 Å². The number of amides is 1. The van der Waals surface area contributed by atoms with E-state index < -0.39 is 5.54 Å². The molecule has 0 aromatic carbocycles. The van der Waals surface area contributed by atoms with Crippen molar-refractivity contribution in [3.8, 4) is 0 Å². The number of carbonyl (C=O) groups is 1. The van der Waals surface area contributed by atoms with Gasteiger partial charge in [-0.1, -0.05) is 19.3 Å². The first kappa shape index (κ1) is 18.9. The van der Waals surface area contributed by atoms with Gasteiger partial charge < -0.3 is 16.0 Å². The lowest BCUT2D eigenvalue weighted by Crippen LogP contribution is -2.56. The van der Waals surface area contributed by atoms with Crippen LogP contribution in [0.5, 0.6) is 0 Å². The summed E-state index contributed by atoms with van der Waals surface area (Å²) < 4.78 is 0. The Labute approximate surface area is 165 Å². The second kappa shape index (κ2) is 7.50. The average molecular weight is 384 g/mol. The normalized spacial score (nSPS) is 21.7. The molecule has 0 bridgehead atoms. The predicted octanol–water partition coefficient (Wildman–Crippen LogP) is 2.89. The monoisotopic (exact) mass is 383 g/mol. The fraction of sp³-hybridized carbons (Fsp3) is 0.600. The Balaban J connectivity index is 1.57. The van der Waals surface area contributed by atoms with Crippen LogP contribution in [-0.4, -0.2) is 43.1 Å². The molecule has 2 aromatic rings. The number of H-pyrrole nitrogens is 1. The zero-order valence-corrected chi connectivity index (χ0v) is 16.7. The number of anilines is 2. The fourth-order valence-electron chi connectivity index (χ4n) is 4.44.